The van der Waals surface area contributed by atoms with Crippen molar-refractivity contribution in [1.29, 1.82) is 0 Å². The molecular formula is C14H12N4S. The average molecular weight is 268 g/mol. The number of aromatic nitrogens is 3. The maximum Gasteiger partial charge on any atom is 0.189 e. The fourth-order valence-corrected chi connectivity index (χ4v) is 3.50. The van der Waals surface area contributed by atoms with E-state index in [-0.39, 0.29) is 6.04 Å². The van der Waals surface area contributed by atoms with Crippen LogP contribution in [0.4, 0.5) is 0 Å². The van der Waals surface area contributed by atoms with Crippen molar-refractivity contribution < 1.29 is 0 Å². The van der Waals surface area contributed by atoms with Crippen LogP contribution >= 0.6 is 11.3 Å². The Morgan fingerprint density at radius 2 is 2.05 bits per heavy atom. The molecule has 0 fully saturated rings. The first-order chi connectivity index (χ1) is 9.42. The van der Waals surface area contributed by atoms with Crippen LogP contribution in [-0.4, -0.2) is 21.5 Å². The van der Waals surface area contributed by atoms with Gasteiger partial charge in [-0.05, 0) is 17.5 Å². The lowest BCUT2D eigenvalue weighted by Crippen LogP contribution is -2.30. The second-order valence-electron chi connectivity index (χ2n) is 4.57. The highest BCUT2D eigenvalue weighted by Gasteiger charge is 2.24. The lowest BCUT2D eigenvalue weighted by atomic mass is 9.95. The molecule has 0 saturated heterocycles. The van der Waals surface area contributed by atoms with Crippen molar-refractivity contribution in [3.8, 4) is 0 Å². The molecule has 4 nitrogen and oxygen atoms in total. The van der Waals surface area contributed by atoms with Crippen LogP contribution in [0.2, 0.25) is 0 Å². The fourth-order valence-electron chi connectivity index (χ4n) is 2.54. The van der Waals surface area contributed by atoms with Crippen molar-refractivity contribution in [2.45, 2.75) is 12.5 Å². The predicted molar refractivity (Wildman–Crippen MR) is 75.2 cm³/mol. The van der Waals surface area contributed by atoms with E-state index in [9.17, 15) is 0 Å². The first-order valence-corrected chi connectivity index (χ1v) is 7.12. The molecule has 1 aliphatic heterocycles. The Kier molecular flexibility index (Phi) is 2.53. The fraction of sp³-hybridized carbons (Fsp3) is 0.214. The van der Waals surface area contributed by atoms with Gasteiger partial charge < -0.3 is 5.32 Å². The van der Waals surface area contributed by atoms with E-state index < -0.39 is 0 Å². The summed E-state index contributed by atoms with van der Waals surface area (Å²) in [5, 5.41) is 4.59. The zero-order chi connectivity index (χ0) is 12.7. The summed E-state index contributed by atoms with van der Waals surface area (Å²) >= 11 is 1.62. The lowest BCUT2D eigenvalue weighted by molar-refractivity contribution is 0.566. The third-order valence-electron chi connectivity index (χ3n) is 3.42. The molecule has 1 unspecified atom stereocenters. The molecule has 19 heavy (non-hydrogen) atoms. The lowest BCUT2D eigenvalue weighted by Gasteiger charge is -2.25. The Morgan fingerprint density at radius 1 is 1.16 bits per heavy atom. The molecule has 1 aliphatic rings. The van der Waals surface area contributed by atoms with E-state index in [1.54, 1.807) is 23.7 Å². The molecule has 0 saturated carbocycles. The monoisotopic (exact) mass is 268 g/mol. The van der Waals surface area contributed by atoms with Crippen LogP contribution in [-0.2, 0) is 6.42 Å². The summed E-state index contributed by atoms with van der Waals surface area (Å²) in [6, 6.07) is 8.74. The third-order valence-corrected chi connectivity index (χ3v) is 4.44. The third kappa shape index (κ3) is 1.82. The van der Waals surface area contributed by atoms with Gasteiger partial charge in [0, 0.05) is 18.9 Å². The van der Waals surface area contributed by atoms with Crippen molar-refractivity contribution >= 4 is 21.8 Å². The van der Waals surface area contributed by atoms with Crippen molar-refractivity contribution in [2.24, 2.45) is 0 Å². The summed E-state index contributed by atoms with van der Waals surface area (Å²) in [6.07, 6.45) is 4.48. The average Bonchev–Trinajstić information content (AvgIpc) is 2.90. The predicted octanol–water partition coefficient (Wildman–Crippen LogP) is 2.32. The van der Waals surface area contributed by atoms with E-state index in [2.05, 4.69) is 44.5 Å². The summed E-state index contributed by atoms with van der Waals surface area (Å²) in [5.41, 5.74) is 3.48. The van der Waals surface area contributed by atoms with Crippen LogP contribution in [0.3, 0.4) is 0 Å². The van der Waals surface area contributed by atoms with E-state index in [4.69, 9.17) is 0 Å². The van der Waals surface area contributed by atoms with Crippen LogP contribution in [0.5, 0.6) is 0 Å². The molecule has 1 N–H and O–H groups in total. The maximum atomic E-state index is 4.62. The summed E-state index contributed by atoms with van der Waals surface area (Å²) in [4.78, 5) is 14.1. The molecular weight excluding hydrogens is 256 g/mol. The van der Waals surface area contributed by atoms with E-state index in [1.807, 2.05) is 0 Å². The Labute approximate surface area is 114 Å². The van der Waals surface area contributed by atoms with Crippen LogP contribution in [0.15, 0.2) is 36.7 Å². The summed E-state index contributed by atoms with van der Waals surface area (Å²) in [7, 11) is 0. The normalized spacial score (nSPS) is 18.4. The molecule has 0 bridgehead atoms. The van der Waals surface area contributed by atoms with E-state index in [0.717, 1.165) is 28.5 Å². The topological polar surface area (TPSA) is 50.7 Å². The van der Waals surface area contributed by atoms with Gasteiger partial charge >= 0.3 is 0 Å². The van der Waals surface area contributed by atoms with Gasteiger partial charge in [0.15, 0.2) is 10.5 Å². The molecule has 3 heterocycles. The number of hydrogen-bond donors (Lipinski definition) is 1. The van der Waals surface area contributed by atoms with Crippen LogP contribution in [0.25, 0.3) is 10.5 Å². The molecule has 5 heteroatoms. The molecule has 0 radical (unpaired) electrons. The van der Waals surface area contributed by atoms with Crippen LogP contribution < -0.4 is 5.32 Å². The first kappa shape index (κ1) is 11.0. The molecule has 1 aromatic carbocycles. The second-order valence-corrected chi connectivity index (χ2v) is 5.58. The van der Waals surface area contributed by atoms with Gasteiger partial charge in [-0.3, -0.25) is 0 Å². The summed E-state index contributed by atoms with van der Waals surface area (Å²) < 4.78 is 0. The highest BCUT2D eigenvalue weighted by Crippen LogP contribution is 2.32. The van der Waals surface area contributed by atoms with Gasteiger partial charge in [0.2, 0.25) is 0 Å². The Hall–Kier alpha value is -1.85. The second kappa shape index (κ2) is 4.36. The largest absolute Gasteiger partial charge is 0.304 e. The molecule has 94 valence electrons. The van der Waals surface area contributed by atoms with E-state index in [0.29, 0.717) is 0 Å². The zero-order valence-corrected chi connectivity index (χ0v) is 11.0. The van der Waals surface area contributed by atoms with Crippen molar-refractivity contribution in [2.75, 3.05) is 6.54 Å². The molecule has 0 amide bonds. The molecule has 4 rings (SSSR count). The Balaban J connectivity index is 1.85. The van der Waals surface area contributed by atoms with Crippen LogP contribution in [0.1, 0.15) is 22.2 Å². The van der Waals surface area contributed by atoms with Gasteiger partial charge in [-0.15, -0.1) is 0 Å². The van der Waals surface area contributed by atoms with Gasteiger partial charge in [0.1, 0.15) is 5.01 Å². The van der Waals surface area contributed by atoms with Gasteiger partial charge in [0.25, 0.3) is 0 Å². The number of hydrogen-bond acceptors (Lipinski definition) is 5. The minimum Gasteiger partial charge on any atom is -0.304 e. The number of benzene rings is 1. The highest BCUT2D eigenvalue weighted by atomic mass is 32.1. The first-order valence-electron chi connectivity index (χ1n) is 6.30. The number of nitrogens with zero attached hydrogens (tertiary/aromatic N) is 3. The highest BCUT2D eigenvalue weighted by molar-refractivity contribution is 7.18. The summed E-state index contributed by atoms with van der Waals surface area (Å²) in [6.45, 7) is 0.985. The quantitative estimate of drug-likeness (QED) is 0.736. The number of nitrogens with one attached hydrogen (secondary N) is 1. The molecule has 0 aliphatic carbocycles. The van der Waals surface area contributed by atoms with Gasteiger partial charge in [-0.25, -0.2) is 15.0 Å². The minimum absolute atomic E-state index is 0.172. The van der Waals surface area contributed by atoms with E-state index >= 15 is 0 Å². The van der Waals surface area contributed by atoms with Crippen molar-refractivity contribution in [3.05, 3.63) is 52.8 Å². The minimum atomic E-state index is 0.172. The maximum absolute atomic E-state index is 4.62. The van der Waals surface area contributed by atoms with Gasteiger partial charge in [0.05, 0.1) is 6.04 Å². The summed E-state index contributed by atoms with van der Waals surface area (Å²) in [5.74, 6) is 0. The molecule has 3 aromatic rings. The van der Waals surface area contributed by atoms with E-state index in [1.165, 1.54) is 11.1 Å². The van der Waals surface area contributed by atoms with Gasteiger partial charge in [-0.2, -0.15) is 0 Å². The number of thiazole rings is 1. The number of rotatable bonds is 1. The molecule has 0 spiro atoms. The Bertz CT molecular complexity index is 704. The zero-order valence-electron chi connectivity index (χ0n) is 10.2. The SMILES string of the molecule is c1ccc2c(c1)CCNC2c1nc2nccnc2s1. The Morgan fingerprint density at radius 3 is 3.00 bits per heavy atom. The standard InChI is InChI=1S/C14H12N4S/c1-2-4-10-9(3-1)5-6-15-11(10)13-18-12-14(19-13)17-8-7-16-12/h1-4,7-8,11,15H,5-6H2. The van der Waals surface area contributed by atoms with Crippen molar-refractivity contribution in [3.63, 3.8) is 0 Å². The molecule has 2 aromatic heterocycles. The smallest absolute Gasteiger partial charge is 0.189 e. The van der Waals surface area contributed by atoms with Crippen LogP contribution in [0, 0.1) is 0 Å². The van der Waals surface area contributed by atoms with Crippen molar-refractivity contribution in [1.82, 2.24) is 20.3 Å². The van der Waals surface area contributed by atoms with Gasteiger partial charge in [-0.1, -0.05) is 35.6 Å². The number of fused-ring (bicyclic) bond motifs is 2. The molecule has 1 atom stereocenters.